The summed E-state index contributed by atoms with van der Waals surface area (Å²) in [7, 11) is 2.15. The molecule has 0 aromatic heterocycles. The molecule has 0 aliphatic heterocycles. The highest BCUT2D eigenvalue weighted by Crippen LogP contribution is 2.07. The summed E-state index contributed by atoms with van der Waals surface area (Å²) in [5, 5.41) is 10.5. The molecule has 0 radical (unpaired) electrons. The lowest BCUT2D eigenvalue weighted by Gasteiger charge is -1.99. The van der Waals surface area contributed by atoms with Gasteiger partial charge in [0.2, 0.25) is 0 Å². The average molecular weight is 217 g/mol. The van der Waals surface area contributed by atoms with Gasteiger partial charge in [0.25, 0.3) is 0 Å². The topological polar surface area (TPSA) is 56.7 Å². The molecular formula is C12H27NO2. The molecule has 0 amide bonds. The molecule has 0 fully saturated rings. The van der Waals surface area contributed by atoms with E-state index in [1.165, 1.54) is 57.9 Å². The first-order chi connectivity index (χ1) is 7.33. The Morgan fingerprint density at radius 3 is 1.80 bits per heavy atom. The fraction of sp³-hybridized carbons (Fsp3) is 0.917. The van der Waals surface area contributed by atoms with Crippen molar-refractivity contribution < 1.29 is 15.2 Å². The number of carbonyl (C=O) groups is 1. The molecule has 15 heavy (non-hydrogen) atoms. The highest BCUT2D eigenvalue weighted by atomic mass is 16.3. The zero-order valence-corrected chi connectivity index (χ0v) is 10.3. The molecular weight excluding hydrogens is 190 g/mol. The van der Waals surface area contributed by atoms with E-state index in [0.29, 0.717) is 0 Å². The maximum atomic E-state index is 8.25. The second-order valence-corrected chi connectivity index (χ2v) is 3.77. The van der Waals surface area contributed by atoms with Gasteiger partial charge in [-0.1, -0.05) is 45.4 Å². The summed E-state index contributed by atoms with van der Waals surface area (Å²) in [6, 6.07) is 0. The molecule has 0 unspecified atom stereocenters. The number of rotatable bonds is 9. The SMILES string of the molecule is CCCCCCCCCC[NH2+]C.O=C[O-]. The van der Waals surface area contributed by atoms with E-state index in [4.69, 9.17) is 9.90 Å². The molecule has 0 saturated carbocycles. The van der Waals surface area contributed by atoms with Gasteiger partial charge in [-0.2, -0.15) is 0 Å². The van der Waals surface area contributed by atoms with Crippen molar-refractivity contribution in [1.29, 1.82) is 0 Å². The Morgan fingerprint density at radius 1 is 1.00 bits per heavy atom. The van der Waals surface area contributed by atoms with Crippen molar-refractivity contribution in [2.24, 2.45) is 0 Å². The van der Waals surface area contributed by atoms with E-state index < -0.39 is 6.47 Å². The molecule has 0 heterocycles. The van der Waals surface area contributed by atoms with Gasteiger partial charge in [-0.25, -0.2) is 0 Å². The number of carbonyl (C=O) groups excluding carboxylic acids is 1. The molecule has 92 valence electrons. The first-order valence-corrected chi connectivity index (χ1v) is 6.16. The maximum absolute atomic E-state index is 8.25. The highest BCUT2D eigenvalue weighted by Gasteiger charge is 1.90. The number of nitrogens with two attached hydrogens (primary N) is 1. The van der Waals surface area contributed by atoms with Crippen LogP contribution in [0, 0.1) is 0 Å². The number of hydrogen-bond donors (Lipinski definition) is 1. The molecule has 0 saturated heterocycles. The summed E-state index contributed by atoms with van der Waals surface area (Å²) in [5.74, 6) is 0. The second-order valence-electron chi connectivity index (χ2n) is 3.77. The van der Waals surface area contributed by atoms with Crippen molar-refractivity contribution in [3.8, 4) is 0 Å². The summed E-state index contributed by atoms with van der Waals surface area (Å²) in [4.78, 5) is 8.25. The maximum Gasteiger partial charge on any atom is 0.0753 e. The normalized spacial score (nSPS) is 9.20. The summed E-state index contributed by atoms with van der Waals surface area (Å²) >= 11 is 0. The van der Waals surface area contributed by atoms with E-state index >= 15 is 0 Å². The van der Waals surface area contributed by atoms with E-state index in [0.717, 1.165) is 0 Å². The molecule has 3 nitrogen and oxygen atoms in total. The lowest BCUT2D eigenvalue weighted by Crippen LogP contribution is -2.79. The Bertz CT molecular complexity index is 97.8. The van der Waals surface area contributed by atoms with Crippen molar-refractivity contribution >= 4 is 6.47 Å². The van der Waals surface area contributed by atoms with Gasteiger partial charge in [0.05, 0.1) is 13.6 Å². The van der Waals surface area contributed by atoms with Gasteiger partial charge in [-0.15, -0.1) is 0 Å². The van der Waals surface area contributed by atoms with Crippen LogP contribution in [0.25, 0.3) is 0 Å². The van der Waals surface area contributed by atoms with E-state index in [2.05, 4.69) is 19.3 Å². The largest absolute Gasteiger partial charge is 0.554 e. The molecule has 0 aliphatic carbocycles. The predicted molar refractivity (Wildman–Crippen MR) is 61.4 cm³/mol. The monoisotopic (exact) mass is 217 g/mol. The fourth-order valence-electron chi connectivity index (χ4n) is 1.48. The minimum atomic E-state index is -0.500. The summed E-state index contributed by atoms with van der Waals surface area (Å²) in [5.41, 5.74) is 0. The van der Waals surface area contributed by atoms with E-state index in [9.17, 15) is 0 Å². The third-order valence-electron chi connectivity index (χ3n) is 2.35. The van der Waals surface area contributed by atoms with Gasteiger partial charge >= 0.3 is 0 Å². The summed E-state index contributed by atoms with van der Waals surface area (Å²) in [6.07, 6.45) is 11.5. The summed E-state index contributed by atoms with van der Waals surface area (Å²) in [6.45, 7) is 3.09. The molecule has 0 aliphatic rings. The first kappa shape index (κ1) is 16.8. The second kappa shape index (κ2) is 19.1. The van der Waals surface area contributed by atoms with E-state index in [1.807, 2.05) is 0 Å². The van der Waals surface area contributed by atoms with Crippen LogP contribution in [0.4, 0.5) is 0 Å². The first-order valence-electron chi connectivity index (χ1n) is 6.16. The Hall–Kier alpha value is -0.570. The van der Waals surface area contributed by atoms with Gasteiger partial charge in [-0.05, 0) is 12.8 Å². The number of quaternary nitrogens is 1. The number of hydrogen-bond acceptors (Lipinski definition) is 2. The van der Waals surface area contributed by atoms with Crippen molar-refractivity contribution in [2.45, 2.75) is 58.3 Å². The van der Waals surface area contributed by atoms with Crippen LogP contribution in [0.5, 0.6) is 0 Å². The summed E-state index contributed by atoms with van der Waals surface area (Å²) < 4.78 is 0. The lowest BCUT2D eigenvalue weighted by atomic mass is 10.1. The molecule has 0 aromatic rings. The van der Waals surface area contributed by atoms with Crippen LogP contribution >= 0.6 is 0 Å². The molecule has 0 bridgehead atoms. The van der Waals surface area contributed by atoms with Crippen molar-refractivity contribution in [3.05, 3.63) is 0 Å². The van der Waals surface area contributed by atoms with Gasteiger partial charge in [-0.3, -0.25) is 0 Å². The van der Waals surface area contributed by atoms with Gasteiger partial charge in [0.1, 0.15) is 0 Å². The molecule has 3 heteroatoms. The van der Waals surface area contributed by atoms with Crippen molar-refractivity contribution in [2.75, 3.05) is 13.6 Å². The van der Waals surface area contributed by atoms with Gasteiger partial charge in [0, 0.05) is 6.47 Å². The third-order valence-corrected chi connectivity index (χ3v) is 2.35. The molecule has 0 rings (SSSR count). The van der Waals surface area contributed by atoms with Gasteiger partial charge in [0.15, 0.2) is 0 Å². The Kier molecular flexibility index (Phi) is 21.4. The van der Waals surface area contributed by atoms with Crippen LogP contribution < -0.4 is 10.4 Å². The Labute approximate surface area is 94.3 Å². The predicted octanol–water partition coefficient (Wildman–Crippen LogP) is 0.686. The molecule has 0 spiro atoms. The van der Waals surface area contributed by atoms with Crippen LogP contribution in [0.15, 0.2) is 0 Å². The van der Waals surface area contributed by atoms with Crippen LogP contribution in [0.3, 0.4) is 0 Å². The van der Waals surface area contributed by atoms with Crippen LogP contribution in [-0.4, -0.2) is 20.1 Å². The third kappa shape index (κ3) is 24.7. The van der Waals surface area contributed by atoms with Gasteiger partial charge < -0.3 is 15.2 Å². The van der Waals surface area contributed by atoms with Crippen LogP contribution in [-0.2, 0) is 4.79 Å². The Morgan fingerprint density at radius 2 is 1.40 bits per heavy atom. The van der Waals surface area contributed by atoms with E-state index in [-0.39, 0.29) is 0 Å². The minimum Gasteiger partial charge on any atom is -0.554 e. The Balaban J connectivity index is 0. The minimum absolute atomic E-state index is 0.500. The van der Waals surface area contributed by atoms with Crippen LogP contribution in [0.1, 0.15) is 58.3 Å². The zero-order chi connectivity index (χ0) is 11.8. The molecule has 0 atom stereocenters. The number of carboxylic acid groups (broad SMARTS) is 1. The van der Waals surface area contributed by atoms with E-state index in [1.54, 1.807) is 0 Å². The lowest BCUT2D eigenvalue weighted by molar-refractivity contribution is -0.627. The fourth-order valence-corrected chi connectivity index (χ4v) is 1.48. The van der Waals surface area contributed by atoms with Crippen molar-refractivity contribution in [1.82, 2.24) is 0 Å². The average Bonchev–Trinajstić information content (AvgIpc) is 2.23. The zero-order valence-electron chi connectivity index (χ0n) is 10.3. The quantitative estimate of drug-likeness (QED) is 0.456. The molecule has 0 aromatic carbocycles. The number of unbranched alkanes of at least 4 members (excludes halogenated alkanes) is 7. The smallest absolute Gasteiger partial charge is 0.0753 e. The van der Waals surface area contributed by atoms with Crippen molar-refractivity contribution in [3.63, 3.8) is 0 Å². The molecule has 2 N–H and O–H groups in total. The highest BCUT2D eigenvalue weighted by molar-refractivity contribution is 5.29. The standard InChI is InChI=1S/C11H25N.CH2O2/c1-3-4-5-6-7-8-9-10-11-12-2;2-1-3/h12H,3-11H2,1-2H3;1H,(H,2,3). The van der Waals surface area contributed by atoms with Crippen LogP contribution in [0.2, 0.25) is 0 Å².